The number of amides is 1. The zero-order valence-electron chi connectivity index (χ0n) is 12.6. The number of alkyl halides is 3. The highest BCUT2D eigenvalue weighted by atomic mass is 19.4. The lowest BCUT2D eigenvalue weighted by Crippen LogP contribution is -2.40. The third-order valence-corrected chi connectivity index (χ3v) is 4.25. The molecule has 0 spiro atoms. The van der Waals surface area contributed by atoms with Gasteiger partial charge in [0.05, 0.1) is 5.56 Å². The zero-order chi connectivity index (χ0) is 16.3. The molecule has 2 N–H and O–H groups in total. The molecule has 0 aliphatic carbocycles. The molecule has 0 unspecified atom stereocenters. The summed E-state index contributed by atoms with van der Waals surface area (Å²) in [7, 11) is 0. The maximum atomic E-state index is 13.1. The van der Waals surface area contributed by atoms with Gasteiger partial charge in [-0.15, -0.1) is 0 Å². The minimum Gasteiger partial charge on any atom is -0.338 e. The molecule has 1 heterocycles. The molecule has 0 aromatic heterocycles. The van der Waals surface area contributed by atoms with E-state index in [1.54, 1.807) is 17.9 Å². The van der Waals surface area contributed by atoms with Gasteiger partial charge in [0.25, 0.3) is 0 Å². The van der Waals surface area contributed by atoms with E-state index in [0.717, 1.165) is 18.9 Å². The summed E-state index contributed by atoms with van der Waals surface area (Å²) >= 11 is 0. The third-order valence-electron chi connectivity index (χ3n) is 4.25. The summed E-state index contributed by atoms with van der Waals surface area (Å²) in [5, 5.41) is 0. The first-order chi connectivity index (χ1) is 10.3. The molecule has 1 aromatic carbocycles. The van der Waals surface area contributed by atoms with Crippen LogP contribution >= 0.6 is 0 Å². The summed E-state index contributed by atoms with van der Waals surface area (Å²) < 4.78 is 39.2. The Morgan fingerprint density at radius 3 is 2.73 bits per heavy atom. The second kappa shape index (κ2) is 6.69. The van der Waals surface area contributed by atoms with E-state index >= 15 is 0 Å². The van der Waals surface area contributed by atoms with Gasteiger partial charge in [0, 0.05) is 25.6 Å². The second-order valence-electron chi connectivity index (χ2n) is 5.81. The third kappa shape index (κ3) is 3.61. The number of hydrogen-bond donors (Lipinski definition) is 1. The van der Waals surface area contributed by atoms with Crippen molar-refractivity contribution < 1.29 is 18.0 Å². The van der Waals surface area contributed by atoms with Gasteiger partial charge in [0.2, 0.25) is 5.91 Å². The quantitative estimate of drug-likeness (QED) is 0.928. The highest BCUT2D eigenvalue weighted by molar-refractivity contribution is 5.77. The molecule has 22 heavy (non-hydrogen) atoms. The summed E-state index contributed by atoms with van der Waals surface area (Å²) in [5.41, 5.74) is 5.16. The molecule has 1 aromatic rings. The lowest BCUT2D eigenvalue weighted by molar-refractivity contribution is -0.139. The van der Waals surface area contributed by atoms with Crippen molar-refractivity contribution in [2.75, 3.05) is 13.1 Å². The largest absolute Gasteiger partial charge is 0.416 e. The SMILES string of the molecule is C[C@H](CC(=O)N1CCC[C@@H]1CN)c1ccccc1C(F)(F)F. The van der Waals surface area contributed by atoms with Gasteiger partial charge < -0.3 is 10.6 Å². The first-order valence-corrected chi connectivity index (χ1v) is 7.50. The molecule has 1 saturated heterocycles. The molecular formula is C16H21F3N2O. The van der Waals surface area contributed by atoms with Gasteiger partial charge >= 0.3 is 6.18 Å². The predicted octanol–water partition coefficient (Wildman–Crippen LogP) is 3.15. The van der Waals surface area contributed by atoms with Crippen LogP contribution in [-0.2, 0) is 11.0 Å². The fourth-order valence-corrected chi connectivity index (χ4v) is 3.08. The lowest BCUT2D eigenvalue weighted by Gasteiger charge is -2.26. The van der Waals surface area contributed by atoms with Gasteiger partial charge in [-0.05, 0) is 30.4 Å². The van der Waals surface area contributed by atoms with Crippen molar-refractivity contribution in [2.45, 2.75) is 44.3 Å². The maximum absolute atomic E-state index is 13.1. The fourth-order valence-electron chi connectivity index (χ4n) is 3.08. The number of benzene rings is 1. The minimum atomic E-state index is -4.40. The van der Waals surface area contributed by atoms with Crippen LogP contribution < -0.4 is 5.73 Å². The number of rotatable bonds is 4. The second-order valence-corrected chi connectivity index (χ2v) is 5.81. The Morgan fingerprint density at radius 1 is 1.41 bits per heavy atom. The van der Waals surface area contributed by atoms with Crippen LogP contribution in [0, 0.1) is 0 Å². The van der Waals surface area contributed by atoms with Crippen LogP contribution in [0.15, 0.2) is 24.3 Å². The number of nitrogens with two attached hydrogens (primary N) is 1. The van der Waals surface area contributed by atoms with Crippen molar-refractivity contribution in [1.82, 2.24) is 4.90 Å². The van der Waals surface area contributed by atoms with E-state index in [1.807, 2.05) is 0 Å². The zero-order valence-corrected chi connectivity index (χ0v) is 12.6. The predicted molar refractivity (Wildman–Crippen MR) is 78.3 cm³/mol. The molecule has 0 saturated carbocycles. The van der Waals surface area contributed by atoms with E-state index in [4.69, 9.17) is 5.73 Å². The van der Waals surface area contributed by atoms with Gasteiger partial charge in [-0.25, -0.2) is 0 Å². The normalized spacial score (nSPS) is 20.2. The summed E-state index contributed by atoms with van der Waals surface area (Å²) in [6.07, 6.45) is -2.55. The first kappa shape index (κ1) is 16.8. The number of hydrogen-bond acceptors (Lipinski definition) is 2. The number of carbonyl (C=O) groups excluding carboxylic acids is 1. The Morgan fingerprint density at radius 2 is 2.09 bits per heavy atom. The molecule has 1 aliphatic rings. The van der Waals surface area contributed by atoms with Crippen molar-refractivity contribution in [3.8, 4) is 0 Å². The maximum Gasteiger partial charge on any atom is 0.416 e. The smallest absolute Gasteiger partial charge is 0.338 e. The van der Waals surface area contributed by atoms with Crippen LogP contribution in [0.25, 0.3) is 0 Å². The molecule has 0 bridgehead atoms. The van der Waals surface area contributed by atoms with E-state index in [1.165, 1.54) is 12.1 Å². The van der Waals surface area contributed by atoms with Gasteiger partial charge in [-0.1, -0.05) is 25.1 Å². The van der Waals surface area contributed by atoms with E-state index < -0.39 is 17.7 Å². The van der Waals surface area contributed by atoms with Crippen LogP contribution in [0.5, 0.6) is 0 Å². The molecule has 3 nitrogen and oxygen atoms in total. The van der Waals surface area contributed by atoms with E-state index in [9.17, 15) is 18.0 Å². The average molecular weight is 314 g/mol. The van der Waals surface area contributed by atoms with Crippen LogP contribution in [0.2, 0.25) is 0 Å². The Labute approximate surface area is 128 Å². The first-order valence-electron chi connectivity index (χ1n) is 7.50. The Kier molecular flexibility index (Phi) is 5.11. The van der Waals surface area contributed by atoms with E-state index in [0.29, 0.717) is 13.1 Å². The minimum absolute atomic E-state index is 0.0255. The van der Waals surface area contributed by atoms with Crippen molar-refractivity contribution in [1.29, 1.82) is 0 Å². The van der Waals surface area contributed by atoms with Crippen molar-refractivity contribution in [3.63, 3.8) is 0 Å². The van der Waals surface area contributed by atoms with Gasteiger partial charge in [-0.2, -0.15) is 13.2 Å². The monoisotopic (exact) mass is 314 g/mol. The van der Waals surface area contributed by atoms with Crippen LogP contribution in [0.4, 0.5) is 13.2 Å². The highest BCUT2D eigenvalue weighted by Gasteiger charge is 2.35. The summed E-state index contributed by atoms with van der Waals surface area (Å²) in [6.45, 7) is 2.71. The van der Waals surface area contributed by atoms with Crippen LogP contribution in [-0.4, -0.2) is 29.9 Å². The molecule has 1 amide bonds. The topological polar surface area (TPSA) is 46.3 Å². The standard InChI is InChI=1S/C16H21F3N2O/c1-11(9-15(22)21-8-4-5-12(21)10-20)13-6-2-3-7-14(13)16(17,18)19/h2-3,6-7,11-12H,4-5,8-10,20H2,1H3/t11-,12-/m1/s1. The number of nitrogens with zero attached hydrogens (tertiary/aromatic N) is 1. The van der Waals surface area contributed by atoms with Crippen LogP contribution in [0.1, 0.15) is 43.2 Å². The summed E-state index contributed by atoms with van der Waals surface area (Å²) in [4.78, 5) is 14.1. The Hall–Kier alpha value is -1.56. The van der Waals surface area contributed by atoms with E-state index in [2.05, 4.69) is 0 Å². The molecule has 1 aliphatic heterocycles. The van der Waals surface area contributed by atoms with Crippen LogP contribution in [0.3, 0.4) is 0 Å². The lowest BCUT2D eigenvalue weighted by atomic mass is 9.92. The van der Waals surface area contributed by atoms with Gasteiger partial charge in [0.15, 0.2) is 0 Å². The van der Waals surface area contributed by atoms with Crippen molar-refractivity contribution >= 4 is 5.91 Å². The molecule has 122 valence electrons. The number of halogens is 3. The van der Waals surface area contributed by atoms with Crippen molar-refractivity contribution in [2.24, 2.45) is 5.73 Å². The number of likely N-dealkylation sites (tertiary alicyclic amines) is 1. The molecule has 2 rings (SSSR count). The molecular weight excluding hydrogens is 293 g/mol. The van der Waals surface area contributed by atoms with E-state index in [-0.39, 0.29) is 23.9 Å². The molecule has 2 atom stereocenters. The summed E-state index contributed by atoms with van der Waals surface area (Å²) in [6, 6.07) is 5.48. The molecule has 0 radical (unpaired) electrons. The number of carbonyl (C=O) groups is 1. The van der Waals surface area contributed by atoms with Gasteiger partial charge in [-0.3, -0.25) is 4.79 Å². The average Bonchev–Trinajstić information content (AvgIpc) is 2.94. The molecule has 6 heteroatoms. The fraction of sp³-hybridized carbons (Fsp3) is 0.562. The molecule has 1 fully saturated rings. The highest BCUT2D eigenvalue weighted by Crippen LogP contribution is 2.36. The Bertz CT molecular complexity index is 530. The summed E-state index contributed by atoms with van der Waals surface area (Å²) in [5.74, 6) is -0.596. The van der Waals surface area contributed by atoms with Gasteiger partial charge in [0.1, 0.15) is 0 Å². The Balaban J connectivity index is 2.13. The van der Waals surface area contributed by atoms with Crippen molar-refractivity contribution in [3.05, 3.63) is 35.4 Å².